The number of thiophene rings is 1. The Morgan fingerprint density at radius 3 is 2.85 bits per heavy atom. The fraction of sp³-hybridized carbons (Fsp3) is 0.200. The molecule has 0 aliphatic carbocycles. The highest BCUT2D eigenvalue weighted by Gasteiger charge is 2.18. The van der Waals surface area contributed by atoms with E-state index in [2.05, 4.69) is 0 Å². The number of ether oxygens (including phenoxy) is 1. The molecule has 0 bridgehead atoms. The highest BCUT2D eigenvalue weighted by atomic mass is 32.1. The normalized spacial score (nSPS) is 11.1. The van der Waals surface area contributed by atoms with E-state index in [1.165, 1.54) is 11.3 Å². The van der Waals surface area contributed by atoms with Crippen LogP contribution in [0, 0.1) is 0 Å². The Balaban J connectivity index is 2.39. The Morgan fingerprint density at radius 2 is 2.10 bits per heavy atom. The number of aryl methyl sites for hydroxylation is 1. The number of fused-ring (bicyclic) bond motifs is 3. The van der Waals surface area contributed by atoms with Crippen molar-refractivity contribution >= 4 is 37.6 Å². The molecule has 0 saturated heterocycles. The van der Waals surface area contributed by atoms with E-state index in [0.29, 0.717) is 4.70 Å². The van der Waals surface area contributed by atoms with Crippen molar-refractivity contribution in [2.24, 2.45) is 7.05 Å². The molecule has 2 aromatic heterocycles. The molecular formula is C15H13NO3S. The molecule has 3 aromatic rings. The van der Waals surface area contributed by atoms with Gasteiger partial charge in [-0.15, -0.1) is 11.3 Å². The smallest absolute Gasteiger partial charge is 0.343 e. The minimum Gasteiger partial charge on any atom is -0.462 e. The number of rotatable bonds is 2. The van der Waals surface area contributed by atoms with Crippen LogP contribution in [0.2, 0.25) is 0 Å². The molecular weight excluding hydrogens is 274 g/mol. The lowest BCUT2D eigenvalue weighted by Gasteiger charge is -2.06. The first-order chi connectivity index (χ1) is 9.63. The summed E-state index contributed by atoms with van der Waals surface area (Å²) >= 11 is 1.41. The van der Waals surface area contributed by atoms with E-state index in [0.717, 1.165) is 15.6 Å². The molecule has 0 amide bonds. The first-order valence-electron chi connectivity index (χ1n) is 6.31. The number of pyridine rings is 1. The van der Waals surface area contributed by atoms with Gasteiger partial charge in [0.1, 0.15) is 10.3 Å². The number of hydrogen-bond donors (Lipinski definition) is 0. The predicted octanol–water partition coefficient (Wildman–Crippen LogP) is 2.93. The van der Waals surface area contributed by atoms with Gasteiger partial charge < -0.3 is 9.30 Å². The van der Waals surface area contributed by atoms with Gasteiger partial charge in [-0.05, 0) is 13.0 Å². The number of hydrogen-bond acceptors (Lipinski definition) is 4. The number of esters is 1. The average molecular weight is 287 g/mol. The molecule has 3 rings (SSSR count). The van der Waals surface area contributed by atoms with Crippen LogP contribution in [0.1, 0.15) is 17.3 Å². The van der Waals surface area contributed by atoms with Crippen molar-refractivity contribution in [3.05, 3.63) is 46.2 Å². The van der Waals surface area contributed by atoms with Gasteiger partial charge in [-0.1, -0.05) is 18.2 Å². The molecule has 20 heavy (non-hydrogen) atoms. The number of carbonyl (C=O) groups is 1. The van der Waals surface area contributed by atoms with E-state index in [-0.39, 0.29) is 17.6 Å². The Hall–Kier alpha value is -2.14. The first-order valence-corrected chi connectivity index (χ1v) is 7.13. The molecule has 0 unspecified atom stereocenters. The number of aromatic nitrogens is 1. The van der Waals surface area contributed by atoms with Crippen LogP contribution in [-0.4, -0.2) is 17.1 Å². The summed E-state index contributed by atoms with van der Waals surface area (Å²) in [7, 11) is 1.84. The molecule has 0 aliphatic rings. The summed E-state index contributed by atoms with van der Waals surface area (Å²) in [6.45, 7) is 1.98. The van der Waals surface area contributed by atoms with Crippen molar-refractivity contribution in [1.29, 1.82) is 0 Å². The average Bonchev–Trinajstić information content (AvgIpc) is 2.83. The molecule has 5 heteroatoms. The Morgan fingerprint density at radius 1 is 1.35 bits per heavy atom. The van der Waals surface area contributed by atoms with Crippen molar-refractivity contribution in [3.8, 4) is 0 Å². The third-order valence-electron chi connectivity index (χ3n) is 3.19. The molecule has 4 nitrogen and oxygen atoms in total. The maximum atomic E-state index is 12.5. The summed E-state index contributed by atoms with van der Waals surface area (Å²) < 4.78 is 8.40. The van der Waals surface area contributed by atoms with Crippen LogP contribution in [0.15, 0.2) is 35.3 Å². The summed E-state index contributed by atoms with van der Waals surface area (Å²) in [5, 5.41) is 1.03. The van der Waals surface area contributed by atoms with Gasteiger partial charge in [0.2, 0.25) is 5.43 Å². The standard InChI is InChI=1S/C15H13NO3S/c1-3-19-15(18)10-8-16(2)12-9-6-4-5-7-11(9)20-14(12)13(10)17/h4-8H,3H2,1-2H3. The Labute approximate surface area is 119 Å². The third kappa shape index (κ3) is 1.82. The van der Waals surface area contributed by atoms with Crippen LogP contribution in [0.3, 0.4) is 0 Å². The zero-order chi connectivity index (χ0) is 14.3. The summed E-state index contributed by atoms with van der Waals surface area (Å²) in [5.74, 6) is -0.563. The maximum absolute atomic E-state index is 12.5. The highest BCUT2D eigenvalue weighted by molar-refractivity contribution is 7.25. The predicted molar refractivity (Wildman–Crippen MR) is 80.5 cm³/mol. The van der Waals surface area contributed by atoms with E-state index < -0.39 is 5.97 Å². The molecule has 102 valence electrons. The van der Waals surface area contributed by atoms with Crippen LogP contribution in [0.5, 0.6) is 0 Å². The van der Waals surface area contributed by atoms with E-state index in [9.17, 15) is 9.59 Å². The summed E-state index contributed by atoms with van der Waals surface area (Å²) in [5.41, 5.74) is 0.704. The highest BCUT2D eigenvalue weighted by Crippen LogP contribution is 2.31. The second-order valence-corrected chi connectivity index (χ2v) is 5.53. The van der Waals surface area contributed by atoms with Gasteiger partial charge in [0, 0.05) is 23.3 Å². The SMILES string of the molecule is CCOC(=O)c1cn(C)c2c(sc3ccccc32)c1=O. The largest absolute Gasteiger partial charge is 0.462 e. The van der Waals surface area contributed by atoms with E-state index >= 15 is 0 Å². The van der Waals surface area contributed by atoms with Crippen molar-refractivity contribution in [3.63, 3.8) is 0 Å². The fourth-order valence-corrected chi connectivity index (χ4v) is 3.52. The summed E-state index contributed by atoms with van der Waals surface area (Å²) in [6.07, 6.45) is 1.56. The van der Waals surface area contributed by atoms with Crippen LogP contribution in [0.4, 0.5) is 0 Å². The maximum Gasteiger partial charge on any atom is 0.343 e. The Bertz CT molecular complexity index is 876. The minimum atomic E-state index is -0.563. The van der Waals surface area contributed by atoms with Gasteiger partial charge in [0.15, 0.2) is 0 Å². The second kappa shape index (κ2) is 4.76. The van der Waals surface area contributed by atoms with Crippen molar-refractivity contribution in [2.75, 3.05) is 6.61 Å². The fourth-order valence-electron chi connectivity index (χ4n) is 2.33. The van der Waals surface area contributed by atoms with Crippen molar-refractivity contribution < 1.29 is 9.53 Å². The molecule has 1 aromatic carbocycles. The number of benzene rings is 1. The Kier molecular flexibility index (Phi) is 3.06. The minimum absolute atomic E-state index is 0.0911. The van der Waals surface area contributed by atoms with Crippen LogP contribution in [0.25, 0.3) is 20.3 Å². The summed E-state index contributed by atoms with van der Waals surface area (Å²) in [6, 6.07) is 7.84. The topological polar surface area (TPSA) is 48.3 Å². The molecule has 0 saturated carbocycles. The zero-order valence-electron chi connectivity index (χ0n) is 11.2. The van der Waals surface area contributed by atoms with Gasteiger partial charge in [-0.3, -0.25) is 4.79 Å². The second-order valence-electron chi connectivity index (χ2n) is 4.48. The molecule has 0 fully saturated rings. The molecule has 2 heterocycles. The van der Waals surface area contributed by atoms with Crippen molar-refractivity contribution in [2.45, 2.75) is 6.92 Å². The van der Waals surface area contributed by atoms with E-state index in [1.807, 2.05) is 35.9 Å². The monoisotopic (exact) mass is 287 g/mol. The summed E-state index contributed by atoms with van der Waals surface area (Å²) in [4.78, 5) is 24.3. The molecule has 0 spiro atoms. The zero-order valence-corrected chi connectivity index (χ0v) is 12.0. The quantitative estimate of drug-likeness (QED) is 0.681. The van der Waals surface area contributed by atoms with Crippen LogP contribution < -0.4 is 5.43 Å². The van der Waals surface area contributed by atoms with Gasteiger partial charge in [-0.2, -0.15) is 0 Å². The van der Waals surface area contributed by atoms with Crippen LogP contribution >= 0.6 is 11.3 Å². The molecule has 0 aliphatic heterocycles. The van der Waals surface area contributed by atoms with E-state index in [4.69, 9.17) is 4.74 Å². The van der Waals surface area contributed by atoms with Crippen molar-refractivity contribution in [1.82, 2.24) is 4.57 Å². The lowest BCUT2D eigenvalue weighted by molar-refractivity contribution is 0.0524. The van der Waals surface area contributed by atoms with Gasteiger partial charge >= 0.3 is 5.97 Å². The first kappa shape index (κ1) is 12.9. The van der Waals surface area contributed by atoms with E-state index in [1.54, 1.807) is 13.1 Å². The third-order valence-corrected chi connectivity index (χ3v) is 4.35. The van der Waals surface area contributed by atoms with Crippen LogP contribution in [-0.2, 0) is 11.8 Å². The molecule has 0 radical (unpaired) electrons. The molecule has 0 atom stereocenters. The van der Waals surface area contributed by atoms with Gasteiger partial charge in [-0.25, -0.2) is 4.79 Å². The lowest BCUT2D eigenvalue weighted by atomic mass is 10.2. The number of nitrogens with zero attached hydrogens (tertiary/aromatic N) is 1. The lowest BCUT2D eigenvalue weighted by Crippen LogP contribution is -2.19. The van der Waals surface area contributed by atoms with Gasteiger partial charge in [0.25, 0.3) is 0 Å². The number of carbonyl (C=O) groups excluding carboxylic acids is 1. The van der Waals surface area contributed by atoms with Gasteiger partial charge in [0.05, 0.1) is 12.1 Å². The molecule has 0 N–H and O–H groups in total.